The molecule has 0 saturated heterocycles. The van der Waals surface area contributed by atoms with E-state index in [1.54, 1.807) is 19.4 Å². The molecule has 1 amide bonds. The number of methoxy groups -OCH3 is 1. The third kappa shape index (κ3) is 4.00. The molecule has 0 spiro atoms. The number of carbonyl (C=O) groups excluding carboxylic acids is 1. The molecule has 0 N–H and O–H groups in total. The molecule has 0 saturated carbocycles. The molecule has 148 valence electrons. The van der Waals surface area contributed by atoms with Crippen molar-refractivity contribution in [3.63, 3.8) is 0 Å². The third-order valence-electron chi connectivity index (χ3n) is 5.45. The Morgan fingerprint density at radius 1 is 1.03 bits per heavy atom. The number of hydrogen-bond acceptors (Lipinski definition) is 3. The van der Waals surface area contributed by atoms with E-state index >= 15 is 0 Å². The van der Waals surface area contributed by atoms with Crippen LogP contribution >= 0.6 is 0 Å². The van der Waals surface area contributed by atoms with Crippen molar-refractivity contribution in [1.82, 2.24) is 9.47 Å². The molecule has 1 aliphatic heterocycles. The minimum Gasteiger partial charge on any atom is -0.383 e. The highest BCUT2D eigenvalue weighted by molar-refractivity contribution is 5.94. The zero-order valence-electron chi connectivity index (χ0n) is 16.5. The number of fused-ring (bicyclic) bond motifs is 1. The summed E-state index contributed by atoms with van der Waals surface area (Å²) in [5.74, 6) is 0.0658. The van der Waals surface area contributed by atoms with Crippen LogP contribution in [0.5, 0.6) is 0 Å². The Morgan fingerprint density at radius 3 is 2.59 bits per heavy atom. The molecule has 1 atom stereocenters. The minimum atomic E-state index is -0.134. The lowest BCUT2D eigenvalue weighted by atomic mass is 9.84. The molecule has 0 radical (unpaired) electrons. The first-order chi connectivity index (χ1) is 14.2. The Labute approximate surface area is 170 Å². The van der Waals surface area contributed by atoms with Crippen molar-refractivity contribution in [1.29, 1.82) is 0 Å². The molecule has 0 unspecified atom stereocenters. The minimum absolute atomic E-state index is 0.0633. The zero-order valence-corrected chi connectivity index (χ0v) is 16.5. The van der Waals surface area contributed by atoms with Crippen LogP contribution in [0.25, 0.3) is 0 Å². The molecule has 3 aromatic rings. The van der Waals surface area contributed by atoms with Gasteiger partial charge in [-0.3, -0.25) is 9.59 Å². The molecular formula is C24H24N2O3. The molecule has 1 aromatic heterocycles. The summed E-state index contributed by atoms with van der Waals surface area (Å²) >= 11 is 0. The van der Waals surface area contributed by atoms with E-state index in [-0.39, 0.29) is 17.4 Å². The SMILES string of the molecule is COCCn1cc(C(=O)N2Cc3ccccc3[C@H](c3ccccc3)C2)ccc1=O. The summed E-state index contributed by atoms with van der Waals surface area (Å²) < 4.78 is 6.60. The number of aromatic nitrogens is 1. The van der Waals surface area contributed by atoms with Gasteiger partial charge in [-0.1, -0.05) is 54.6 Å². The van der Waals surface area contributed by atoms with Gasteiger partial charge in [0.2, 0.25) is 0 Å². The number of rotatable bonds is 5. The molecule has 5 nitrogen and oxygen atoms in total. The summed E-state index contributed by atoms with van der Waals surface area (Å²) in [5.41, 5.74) is 4.01. The number of amides is 1. The predicted octanol–water partition coefficient (Wildman–Crippen LogP) is 3.28. The van der Waals surface area contributed by atoms with Crippen LogP contribution in [0.3, 0.4) is 0 Å². The second kappa shape index (κ2) is 8.45. The molecule has 0 aliphatic carbocycles. The number of pyridine rings is 1. The maximum Gasteiger partial charge on any atom is 0.255 e. The van der Waals surface area contributed by atoms with Gasteiger partial charge in [-0.2, -0.15) is 0 Å². The van der Waals surface area contributed by atoms with E-state index in [0.717, 1.165) is 5.56 Å². The topological polar surface area (TPSA) is 51.5 Å². The first-order valence-corrected chi connectivity index (χ1v) is 9.79. The van der Waals surface area contributed by atoms with Crippen LogP contribution in [-0.2, 0) is 17.8 Å². The summed E-state index contributed by atoms with van der Waals surface area (Å²) in [6.45, 7) is 2.02. The van der Waals surface area contributed by atoms with Gasteiger partial charge in [0.15, 0.2) is 0 Å². The maximum atomic E-state index is 13.3. The van der Waals surface area contributed by atoms with Crippen molar-refractivity contribution in [2.24, 2.45) is 0 Å². The van der Waals surface area contributed by atoms with Crippen molar-refractivity contribution in [3.05, 3.63) is 106 Å². The van der Waals surface area contributed by atoms with Gasteiger partial charge in [0.1, 0.15) is 0 Å². The molecular weight excluding hydrogens is 364 g/mol. The fourth-order valence-electron chi connectivity index (χ4n) is 3.94. The van der Waals surface area contributed by atoms with E-state index in [9.17, 15) is 9.59 Å². The van der Waals surface area contributed by atoms with E-state index in [0.29, 0.717) is 31.8 Å². The highest BCUT2D eigenvalue weighted by atomic mass is 16.5. The van der Waals surface area contributed by atoms with Gasteiger partial charge in [0.25, 0.3) is 11.5 Å². The lowest BCUT2D eigenvalue weighted by Crippen LogP contribution is -2.39. The van der Waals surface area contributed by atoms with Crippen molar-refractivity contribution in [3.8, 4) is 0 Å². The molecule has 0 bridgehead atoms. The van der Waals surface area contributed by atoms with Crippen LogP contribution in [0.2, 0.25) is 0 Å². The summed E-state index contributed by atoms with van der Waals surface area (Å²) in [5, 5.41) is 0. The zero-order chi connectivity index (χ0) is 20.2. The molecule has 2 heterocycles. The van der Waals surface area contributed by atoms with E-state index in [4.69, 9.17) is 4.74 Å². The maximum absolute atomic E-state index is 13.3. The summed E-state index contributed by atoms with van der Waals surface area (Å²) in [4.78, 5) is 27.2. The lowest BCUT2D eigenvalue weighted by Gasteiger charge is -2.35. The number of carbonyl (C=O) groups is 1. The van der Waals surface area contributed by atoms with Crippen molar-refractivity contribution >= 4 is 5.91 Å². The molecule has 1 aliphatic rings. The highest BCUT2D eigenvalue weighted by Gasteiger charge is 2.29. The average Bonchev–Trinajstić information content (AvgIpc) is 2.78. The summed E-state index contributed by atoms with van der Waals surface area (Å²) in [7, 11) is 1.59. The van der Waals surface area contributed by atoms with E-state index in [2.05, 4.69) is 30.3 Å². The largest absolute Gasteiger partial charge is 0.383 e. The average molecular weight is 388 g/mol. The van der Waals surface area contributed by atoms with Crippen molar-refractivity contribution in [2.75, 3.05) is 20.3 Å². The van der Waals surface area contributed by atoms with Gasteiger partial charge < -0.3 is 14.2 Å². The number of hydrogen-bond donors (Lipinski definition) is 0. The Kier molecular flexibility index (Phi) is 5.58. The van der Waals surface area contributed by atoms with E-state index < -0.39 is 0 Å². The van der Waals surface area contributed by atoms with Gasteiger partial charge in [-0.05, 0) is 22.8 Å². The smallest absolute Gasteiger partial charge is 0.255 e. The predicted molar refractivity (Wildman–Crippen MR) is 112 cm³/mol. The summed E-state index contributed by atoms with van der Waals surface area (Å²) in [6, 6.07) is 21.7. The monoisotopic (exact) mass is 388 g/mol. The van der Waals surface area contributed by atoms with Crippen LogP contribution in [-0.4, -0.2) is 35.6 Å². The number of benzene rings is 2. The van der Waals surface area contributed by atoms with Crippen LogP contribution in [0, 0.1) is 0 Å². The first kappa shape index (κ1) is 19.2. The third-order valence-corrected chi connectivity index (χ3v) is 5.45. The number of nitrogens with zero attached hydrogens (tertiary/aromatic N) is 2. The molecule has 29 heavy (non-hydrogen) atoms. The molecule has 4 rings (SSSR count). The quantitative estimate of drug-likeness (QED) is 0.674. The Hall–Kier alpha value is -3.18. The molecule has 0 fully saturated rings. The molecule has 5 heteroatoms. The van der Waals surface area contributed by atoms with Crippen LogP contribution in [0.15, 0.2) is 77.7 Å². The van der Waals surface area contributed by atoms with Crippen molar-refractivity contribution < 1.29 is 9.53 Å². The van der Waals surface area contributed by atoms with Crippen LogP contribution in [0.4, 0.5) is 0 Å². The second-order valence-electron chi connectivity index (χ2n) is 7.29. The fraction of sp³-hybridized carbons (Fsp3) is 0.250. The Morgan fingerprint density at radius 2 is 1.79 bits per heavy atom. The first-order valence-electron chi connectivity index (χ1n) is 9.79. The fourth-order valence-corrected chi connectivity index (χ4v) is 3.94. The van der Waals surface area contributed by atoms with Crippen LogP contribution < -0.4 is 5.56 Å². The van der Waals surface area contributed by atoms with Gasteiger partial charge in [-0.15, -0.1) is 0 Å². The van der Waals surface area contributed by atoms with Gasteiger partial charge in [0, 0.05) is 44.9 Å². The van der Waals surface area contributed by atoms with E-state index in [1.165, 1.54) is 21.8 Å². The van der Waals surface area contributed by atoms with Gasteiger partial charge >= 0.3 is 0 Å². The Bertz CT molecular complexity index is 1060. The normalized spacial score (nSPS) is 15.8. The standard InChI is InChI=1S/C24H24N2O3/c1-29-14-13-25-16-20(11-12-23(25)27)24(28)26-15-19-9-5-6-10-21(19)22(17-26)18-7-3-2-4-8-18/h2-12,16,22H,13-15,17H2,1H3/t22-/m0/s1. The Balaban J connectivity index is 1.66. The summed E-state index contributed by atoms with van der Waals surface area (Å²) in [6.07, 6.45) is 1.64. The van der Waals surface area contributed by atoms with Gasteiger partial charge in [-0.25, -0.2) is 0 Å². The van der Waals surface area contributed by atoms with Crippen molar-refractivity contribution in [2.45, 2.75) is 19.0 Å². The van der Waals surface area contributed by atoms with Gasteiger partial charge in [0.05, 0.1) is 12.2 Å². The second-order valence-corrected chi connectivity index (χ2v) is 7.29. The highest BCUT2D eigenvalue weighted by Crippen LogP contribution is 2.33. The van der Waals surface area contributed by atoms with Crippen LogP contribution in [0.1, 0.15) is 33.0 Å². The number of ether oxygens (including phenoxy) is 1. The molecule has 2 aromatic carbocycles. The lowest BCUT2D eigenvalue weighted by molar-refractivity contribution is 0.0723. The van der Waals surface area contributed by atoms with E-state index in [1.807, 2.05) is 29.2 Å².